The van der Waals surface area contributed by atoms with Gasteiger partial charge in [-0.1, -0.05) is 0 Å². The summed E-state index contributed by atoms with van der Waals surface area (Å²) in [4.78, 5) is 68.2. The molecule has 0 rings (SSSR count). The summed E-state index contributed by atoms with van der Waals surface area (Å²) in [5.74, 6) is -7.32. The van der Waals surface area contributed by atoms with Crippen LogP contribution in [0.1, 0.15) is 26.2 Å². The predicted octanol–water partition coefficient (Wildman–Crippen LogP) is -3.80. The molecule has 0 spiro atoms. The minimum absolute atomic E-state index is 0.423. The van der Waals surface area contributed by atoms with Crippen molar-refractivity contribution in [2.24, 2.45) is 5.73 Å². The second-order valence-electron chi connectivity index (χ2n) is 6.03. The zero-order valence-corrected chi connectivity index (χ0v) is 15.5. The quantitative estimate of drug-likeness (QED) is 0.143. The van der Waals surface area contributed by atoms with Gasteiger partial charge < -0.3 is 42.1 Å². The van der Waals surface area contributed by atoms with Gasteiger partial charge in [0, 0.05) is 6.42 Å². The second kappa shape index (κ2) is 12.2. The Bertz CT molecular complexity index is 651. The van der Waals surface area contributed by atoms with Crippen LogP contribution >= 0.6 is 0 Å². The predicted molar refractivity (Wildman–Crippen MR) is 93.3 cm³/mol. The maximum atomic E-state index is 12.2. The van der Waals surface area contributed by atoms with E-state index in [1.54, 1.807) is 0 Å². The van der Waals surface area contributed by atoms with E-state index in [0.29, 0.717) is 0 Å². The molecule has 0 bridgehead atoms. The number of hydrogen-bond acceptors (Lipinski definition) is 8. The fourth-order valence-electron chi connectivity index (χ4n) is 1.93. The number of carboxylic acid groups (broad SMARTS) is 3. The van der Waals surface area contributed by atoms with Gasteiger partial charge in [-0.05, 0) is 13.3 Å². The van der Waals surface area contributed by atoms with Crippen LogP contribution in [0.3, 0.4) is 0 Å². The SMILES string of the molecule is CC(O)C(N)C(=O)NCC(=O)NC(CCC(=O)O)C(=O)NC(CC(=O)O)C(=O)O. The average Bonchev–Trinajstić information content (AvgIpc) is 2.60. The third-order valence-electron chi connectivity index (χ3n) is 3.54. The normalized spacial score (nSPS) is 14.6. The molecule has 29 heavy (non-hydrogen) atoms. The van der Waals surface area contributed by atoms with Crippen LogP contribution < -0.4 is 21.7 Å². The largest absolute Gasteiger partial charge is 0.481 e. The van der Waals surface area contributed by atoms with Gasteiger partial charge in [0.2, 0.25) is 17.7 Å². The van der Waals surface area contributed by atoms with E-state index < -0.39 is 85.7 Å². The fraction of sp³-hybridized carbons (Fsp3) is 0.600. The highest BCUT2D eigenvalue weighted by molar-refractivity contribution is 5.93. The van der Waals surface area contributed by atoms with E-state index in [1.807, 2.05) is 5.32 Å². The van der Waals surface area contributed by atoms with Crippen LogP contribution in [-0.4, -0.2) is 86.8 Å². The molecule has 0 aliphatic carbocycles. The van der Waals surface area contributed by atoms with Gasteiger partial charge in [0.15, 0.2) is 0 Å². The molecule has 0 aliphatic heterocycles. The second-order valence-corrected chi connectivity index (χ2v) is 6.03. The van der Waals surface area contributed by atoms with Crippen LogP contribution in [-0.2, 0) is 28.8 Å². The lowest BCUT2D eigenvalue weighted by atomic mass is 10.1. The van der Waals surface area contributed by atoms with Crippen molar-refractivity contribution >= 4 is 35.6 Å². The smallest absolute Gasteiger partial charge is 0.326 e. The number of rotatable bonds is 13. The lowest BCUT2D eigenvalue weighted by Crippen LogP contribution is -2.54. The molecule has 14 nitrogen and oxygen atoms in total. The van der Waals surface area contributed by atoms with Crippen molar-refractivity contribution in [3.63, 3.8) is 0 Å². The summed E-state index contributed by atoms with van der Waals surface area (Å²) in [7, 11) is 0. The fourth-order valence-corrected chi connectivity index (χ4v) is 1.93. The van der Waals surface area contributed by atoms with Gasteiger partial charge in [-0.2, -0.15) is 0 Å². The van der Waals surface area contributed by atoms with Gasteiger partial charge in [0.25, 0.3) is 0 Å². The van der Waals surface area contributed by atoms with Crippen LogP contribution in [0.2, 0.25) is 0 Å². The van der Waals surface area contributed by atoms with Crippen molar-refractivity contribution in [1.29, 1.82) is 0 Å². The first kappa shape index (κ1) is 25.7. The van der Waals surface area contributed by atoms with Crippen molar-refractivity contribution in [3.05, 3.63) is 0 Å². The molecular formula is C15H24N4O10. The topological polar surface area (TPSA) is 245 Å². The third-order valence-corrected chi connectivity index (χ3v) is 3.54. The van der Waals surface area contributed by atoms with E-state index in [0.717, 1.165) is 0 Å². The summed E-state index contributed by atoms with van der Waals surface area (Å²) in [6.45, 7) is 0.597. The monoisotopic (exact) mass is 420 g/mol. The summed E-state index contributed by atoms with van der Waals surface area (Å²) < 4.78 is 0. The van der Waals surface area contributed by atoms with Crippen molar-refractivity contribution in [3.8, 4) is 0 Å². The summed E-state index contributed by atoms with van der Waals surface area (Å²) in [5.41, 5.74) is 5.37. The molecule has 164 valence electrons. The van der Waals surface area contributed by atoms with Crippen LogP contribution in [0, 0.1) is 0 Å². The van der Waals surface area contributed by atoms with E-state index in [4.69, 9.17) is 21.1 Å². The molecule has 0 aromatic heterocycles. The molecular weight excluding hydrogens is 396 g/mol. The molecule has 0 aliphatic rings. The number of amides is 3. The minimum atomic E-state index is -1.80. The highest BCUT2D eigenvalue weighted by Gasteiger charge is 2.28. The summed E-state index contributed by atoms with van der Waals surface area (Å²) in [5, 5.41) is 41.7. The number of hydrogen-bond donors (Lipinski definition) is 8. The van der Waals surface area contributed by atoms with Crippen molar-refractivity contribution in [1.82, 2.24) is 16.0 Å². The molecule has 0 heterocycles. The number of aliphatic hydroxyl groups is 1. The van der Waals surface area contributed by atoms with E-state index in [-0.39, 0.29) is 0 Å². The first-order valence-corrected chi connectivity index (χ1v) is 8.32. The third kappa shape index (κ3) is 10.6. The number of aliphatic hydroxyl groups excluding tert-OH is 1. The zero-order chi connectivity index (χ0) is 22.7. The molecule has 3 amide bonds. The van der Waals surface area contributed by atoms with E-state index in [9.17, 15) is 33.9 Å². The Kier molecular flexibility index (Phi) is 10.9. The molecule has 0 fully saturated rings. The van der Waals surface area contributed by atoms with E-state index >= 15 is 0 Å². The van der Waals surface area contributed by atoms with Gasteiger partial charge >= 0.3 is 17.9 Å². The standard InChI is InChI=1S/C15H24N4O10/c1-6(20)12(16)14(27)17-5-9(21)18-7(2-3-10(22)23)13(26)19-8(15(28)29)4-11(24)25/h6-8,12,20H,2-5,16H2,1H3,(H,17,27)(H,18,21)(H,19,26)(H,22,23)(H,24,25)(H,28,29). The van der Waals surface area contributed by atoms with Crippen molar-refractivity contribution in [2.45, 2.75) is 50.4 Å². The van der Waals surface area contributed by atoms with Gasteiger partial charge in [-0.3, -0.25) is 24.0 Å². The van der Waals surface area contributed by atoms with Gasteiger partial charge in [0.1, 0.15) is 18.1 Å². The Morgan fingerprint density at radius 2 is 1.48 bits per heavy atom. The molecule has 0 radical (unpaired) electrons. The summed E-state index contributed by atoms with van der Waals surface area (Å²) in [6, 6.07) is -4.61. The number of nitrogens with two attached hydrogens (primary N) is 1. The first-order valence-electron chi connectivity index (χ1n) is 8.32. The Morgan fingerprint density at radius 3 is 1.93 bits per heavy atom. The Hall–Kier alpha value is -3.26. The number of carboxylic acids is 3. The Morgan fingerprint density at radius 1 is 0.897 bits per heavy atom. The van der Waals surface area contributed by atoms with E-state index in [2.05, 4.69) is 10.6 Å². The van der Waals surface area contributed by atoms with Gasteiger partial charge in [-0.25, -0.2) is 4.79 Å². The number of carbonyl (C=O) groups excluding carboxylic acids is 3. The summed E-state index contributed by atoms with van der Waals surface area (Å²) >= 11 is 0. The lowest BCUT2D eigenvalue weighted by Gasteiger charge is -2.21. The Balaban J connectivity index is 5.02. The Labute approximate surface area is 164 Å². The van der Waals surface area contributed by atoms with Gasteiger partial charge in [-0.15, -0.1) is 0 Å². The van der Waals surface area contributed by atoms with Crippen LogP contribution in [0.25, 0.3) is 0 Å². The minimum Gasteiger partial charge on any atom is -0.481 e. The molecule has 14 heteroatoms. The number of aliphatic carboxylic acids is 3. The molecule has 0 saturated heterocycles. The number of carbonyl (C=O) groups is 6. The highest BCUT2D eigenvalue weighted by atomic mass is 16.4. The number of nitrogens with one attached hydrogen (secondary N) is 3. The maximum Gasteiger partial charge on any atom is 0.326 e. The lowest BCUT2D eigenvalue weighted by molar-refractivity contribution is -0.147. The van der Waals surface area contributed by atoms with E-state index in [1.165, 1.54) is 6.92 Å². The molecule has 0 aromatic rings. The molecule has 4 unspecified atom stereocenters. The first-order chi connectivity index (χ1) is 13.3. The average molecular weight is 420 g/mol. The summed E-state index contributed by atoms with van der Waals surface area (Å²) in [6.07, 6.45) is -3.11. The molecule has 0 aromatic carbocycles. The molecule has 9 N–H and O–H groups in total. The van der Waals surface area contributed by atoms with Gasteiger partial charge in [0.05, 0.1) is 19.1 Å². The molecule has 4 atom stereocenters. The van der Waals surface area contributed by atoms with Crippen LogP contribution in [0.4, 0.5) is 0 Å². The maximum absolute atomic E-state index is 12.2. The van der Waals surface area contributed by atoms with Crippen molar-refractivity contribution < 1.29 is 49.2 Å². The van der Waals surface area contributed by atoms with Crippen molar-refractivity contribution in [2.75, 3.05) is 6.54 Å². The van der Waals surface area contributed by atoms with Crippen LogP contribution in [0.5, 0.6) is 0 Å². The van der Waals surface area contributed by atoms with Crippen LogP contribution in [0.15, 0.2) is 0 Å². The highest BCUT2D eigenvalue weighted by Crippen LogP contribution is 2.01. The molecule has 0 saturated carbocycles. The zero-order valence-electron chi connectivity index (χ0n) is 15.5.